The fourth-order valence-electron chi connectivity index (χ4n) is 1.81. The summed E-state index contributed by atoms with van der Waals surface area (Å²) in [5.74, 6) is 0. The summed E-state index contributed by atoms with van der Waals surface area (Å²) in [5.41, 5.74) is 5.72. The van der Waals surface area contributed by atoms with E-state index in [1.54, 1.807) is 0 Å². The lowest BCUT2D eigenvalue weighted by molar-refractivity contribution is 0.163. The van der Waals surface area contributed by atoms with E-state index >= 15 is 0 Å². The van der Waals surface area contributed by atoms with Gasteiger partial charge in [0.2, 0.25) is 0 Å². The average Bonchev–Trinajstić information content (AvgIpc) is 1.62. The summed E-state index contributed by atoms with van der Waals surface area (Å²) in [6, 6.07) is 2.06. The van der Waals surface area contributed by atoms with Crippen molar-refractivity contribution >= 4 is 0 Å². The summed E-state index contributed by atoms with van der Waals surface area (Å²) in [7, 11) is 0. The maximum Gasteiger partial charge on any atom is 0.00992 e. The van der Waals surface area contributed by atoms with E-state index in [0.29, 0.717) is 6.04 Å². The van der Waals surface area contributed by atoms with Crippen LogP contribution in [-0.2, 0) is 0 Å². The molecule has 2 unspecified atom stereocenters. The molecule has 3 aliphatic rings. The Labute approximate surface area is 49.4 Å². The lowest BCUT2D eigenvalue weighted by Gasteiger charge is -2.45. The third kappa shape index (κ3) is 0.565. The van der Waals surface area contributed by atoms with Crippen LogP contribution in [0.15, 0.2) is 0 Å². The second-order valence-corrected chi connectivity index (χ2v) is 3.03. The number of piperidine rings is 1. The van der Waals surface area contributed by atoms with E-state index in [0.717, 1.165) is 12.1 Å². The Hall–Kier alpha value is -0.0800. The number of rotatable bonds is 0. The summed E-state index contributed by atoms with van der Waals surface area (Å²) >= 11 is 0. The SMILES string of the molecule is NC1CC2CC(C1)N2. The molecular weight excluding hydrogens is 100 g/mol. The van der Waals surface area contributed by atoms with Gasteiger partial charge in [-0.05, 0) is 19.3 Å². The van der Waals surface area contributed by atoms with E-state index in [1.807, 2.05) is 0 Å². The van der Waals surface area contributed by atoms with Gasteiger partial charge in [0.15, 0.2) is 0 Å². The summed E-state index contributed by atoms with van der Waals surface area (Å²) in [4.78, 5) is 0. The van der Waals surface area contributed by atoms with Gasteiger partial charge in [0.1, 0.15) is 0 Å². The average molecular weight is 112 g/mol. The topological polar surface area (TPSA) is 38.0 Å². The molecule has 8 heavy (non-hydrogen) atoms. The van der Waals surface area contributed by atoms with Gasteiger partial charge in [0.25, 0.3) is 0 Å². The smallest absolute Gasteiger partial charge is 0.00992 e. The van der Waals surface area contributed by atoms with Gasteiger partial charge >= 0.3 is 0 Å². The molecule has 0 radical (unpaired) electrons. The zero-order valence-corrected chi connectivity index (χ0v) is 4.93. The van der Waals surface area contributed by atoms with E-state index in [9.17, 15) is 0 Å². The van der Waals surface area contributed by atoms with Crippen LogP contribution < -0.4 is 11.1 Å². The van der Waals surface area contributed by atoms with Crippen molar-refractivity contribution in [3.63, 3.8) is 0 Å². The van der Waals surface area contributed by atoms with Crippen LogP contribution in [0.5, 0.6) is 0 Å². The third-order valence-electron chi connectivity index (χ3n) is 2.21. The van der Waals surface area contributed by atoms with Crippen molar-refractivity contribution < 1.29 is 0 Å². The minimum Gasteiger partial charge on any atom is -0.328 e. The lowest BCUT2D eigenvalue weighted by atomic mass is 9.80. The van der Waals surface area contributed by atoms with Crippen molar-refractivity contribution in [2.75, 3.05) is 0 Å². The Morgan fingerprint density at radius 2 is 1.62 bits per heavy atom. The fraction of sp³-hybridized carbons (Fsp3) is 1.00. The van der Waals surface area contributed by atoms with Crippen LogP contribution >= 0.6 is 0 Å². The van der Waals surface area contributed by atoms with Crippen LogP contribution in [-0.4, -0.2) is 18.1 Å². The summed E-state index contributed by atoms with van der Waals surface area (Å²) < 4.78 is 0. The molecule has 3 N–H and O–H groups in total. The molecule has 1 saturated carbocycles. The van der Waals surface area contributed by atoms with Crippen molar-refractivity contribution in [3.05, 3.63) is 0 Å². The van der Waals surface area contributed by atoms with Gasteiger partial charge in [-0.2, -0.15) is 0 Å². The molecule has 2 aliphatic heterocycles. The number of hydrogen-bond donors (Lipinski definition) is 2. The van der Waals surface area contributed by atoms with Crippen LogP contribution in [0.4, 0.5) is 0 Å². The zero-order valence-electron chi connectivity index (χ0n) is 4.93. The largest absolute Gasteiger partial charge is 0.328 e. The Morgan fingerprint density at radius 3 is 1.88 bits per heavy atom. The van der Waals surface area contributed by atoms with Crippen LogP contribution in [0, 0.1) is 0 Å². The van der Waals surface area contributed by atoms with Crippen LogP contribution in [0.2, 0.25) is 0 Å². The van der Waals surface area contributed by atoms with E-state index in [1.165, 1.54) is 19.3 Å². The molecule has 2 atom stereocenters. The summed E-state index contributed by atoms with van der Waals surface area (Å²) in [5, 5.41) is 3.43. The highest BCUT2D eigenvalue weighted by Crippen LogP contribution is 2.26. The molecule has 2 saturated heterocycles. The molecule has 0 spiro atoms. The van der Waals surface area contributed by atoms with Gasteiger partial charge in [-0.25, -0.2) is 0 Å². The van der Waals surface area contributed by atoms with Crippen molar-refractivity contribution in [2.24, 2.45) is 5.73 Å². The van der Waals surface area contributed by atoms with Crippen LogP contribution in [0.1, 0.15) is 19.3 Å². The maximum absolute atomic E-state index is 5.72. The van der Waals surface area contributed by atoms with Crippen molar-refractivity contribution in [2.45, 2.75) is 37.4 Å². The monoisotopic (exact) mass is 112 g/mol. The van der Waals surface area contributed by atoms with Crippen molar-refractivity contribution in [1.29, 1.82) is 0 Å². The van der Waals surface area contributed by atoms with Crippen molar-refractivity contribution in [3.8, 4) is 0 Å². The van der Waals surface area contributed by atoms with E-state index in [-0.39, 0.29) is 0 Å². The normalized spacial score (nSPS) is 52.9. The van der Waals surface area contributed by atoms with Gasteiger partial charge in [-0.15, -0.1) is 0 Å². The number of nitrogens with one attached hydrogen (secondary N) is 1. The molecule has 2 bridgehead atoms. The molecule has 0 aromatic carbocycles. The number of fused-ring (bicyclic) bond motifs is 2. The molecule has 2 heterocycles. The van der Waals surface area contributed by atoms with E-state index in [2.05, 4.69) is 5.32 Å². The quantitative estimate of drug-likeness (QED) is 0.457. The molecule has 0 aromatic rings. The molecule has 3 fully saturated rings. The highest BCUT2D eigenvalue weighted by atomic mass is 15.1. The number of nitrogens with two attached hydrogens (primary N) is 1. The zero-order chi connectivity index (χ0) is 5.56. The van der Waals surface area contributed by atoms with E-state index < -0.39 is 0 Å². The molecular formula is C6H12N2. The van der Waals surface area contributed by atoms with Gasteiger partial charge in [-0.1, -0.05) is 0 Å². The van der Waals surface area contributed by atoms with Crippen LogP contribution in [0.3, 0.4) is 0 Å². The van der Waals surface area contributed by atoms with Crippen LogP contribution in [0.25, 0.3) is 0 Å². The predicted octanol–water partition coefficient (Wildman–Crippen LogP) is -0.162. The standard InChI is InChI=1S/C6H12N2/c7-4-1-5-3-6(2-4)8-5/h4-6,8H,1-3,7H2. The fourth-order valence-corrected chi connectivity index (χ4v) is 1.81. The third-order valence-corrected chi connectivity index (χ3v) is 2.21. The van der Waals surface area contributed by atoms with Gasteiger partial charge in [-0.3, -0.25) is 0 Å². The first-order valence-electron chi connectivity index (χ1n) is 3.36. The second-order valence-electron chi connectivity index (χ2n) is 3.03. The van der Waals surface area contributed by atoms with E-state index in [4.69, 9.17) is 5.73 Å². The highest BCUT2D eigenvalue weighted by molar-refractivity contribution is 4.98. The van der Waals surface area contributed by atoms with Gasteiger partial charge < -0.3 is 11.1 Å². The minimum absolute atomic E-state index is 0.500. The first kappa shape index (κ1) is 4.77. The predicted molar refractivity (Wildman–Crippen MR) is 32.5 cm³/mol. The highest BCUT2D eigenvalue weighted by Gasteiger charge is 2.35. The lowest BCUT2D eigenvalue weighted by Crippen LogP contribution is -2.60. The molecule has 0 amide bonds. The first-order valence-corrected chi connectivity index (χ1v) is 3.36. The van der Waals surface area contributed by atoms with Gasteiger partial charge in [0.05, 0.1) is 0 Å². The number of hydrogen-bond acceptors (Lipinski definition) is 2. The maximum atomic E-state index is 5.72. The van der Waals surface area contributed by atoms with Crippen molar-refractivity contribution in [1.82, 2.24) is 5.32 Å². The molecule has 2 nitrogen and oxygen atoms in total. The molecule has 0 aromatic heterocycles. The Morgan fingerprint density at radius 1 is 1.12 bits per heavy atom. The summed E-state index contributed by atoms with van der Waals surface area (Å²) in [6.07, 6.45) is 3.79. The molecule has 3 rings (SSSR count). The Bertz CT molecular complexity index is 86.7. The molecule has 1 aliphatic carbocycles. The first-order chi connectivity index (χ1) is 3.84. The Balaban J connectivity index is 1.97. The Kier molecular flexibility index (Phi) is 0.866. The minimum atomic E-state index is 0.500. The second kappa shape index (κ2) is 1.45. The summed E-state index contributed by atoms with van der Waals surface area (Å²) in [6.45, 7) is 0. The molecule has 2 heteroatoms. The van der Waals surface area contributed by atoms with Gasteiger partial charge in [0, 0.05) is 18.1 Å². The molecule has 46 valence electrons.